The van der Waals surface area contributed by atoms with Crippen molar-refractivity contribution in [3.63, 3.8) is 0 Å². The van der Waals surface area contributed by atoms with Gasteiger partial charge < -0.3 is 10.1 Å². The molecule has 0 aliphatic rings. The molecule has 0 saturated carbocycles. The van der Waals surface area contributed by atoms with Crippen LogP contribution < -0.4 is 10.1 Å². The first kappa shape index (κ1) is 9.59. The summed E-state index contributed by atoms with van der Waals surface area (Å²) in [6.45, 7) is 0. The summed E-state index contributed by atoms with van der Waals surface area (Å²) in [5.74, 6) is 0.847. The Labute approximate surface area is 89.5 Å². The molecule has 2 aromatic carbocycles. The molecule has 15 heavy (non-hydrogen) atoms. The highest BCUT2D eigenvalue weighted by molar-refractivity contribution is 5.60. The van der Waals surface area contributed by atoms with Crippen LogP contribution in [0.25, 0.3) is 0 Å². The van der Waals surface area contributed by atoms with E-state index < -0.39 is 0 Å². The van der Waals surface area contributed by atoms with Gasteiger partial charge in [0.2, 0.25) is 0 Å². The van der Waals surface area contributed by atoms with Gasteiger partial charge in [0.15, 0.2) is 0 Å². The molecule has 0 unspecified atom stereocenters. The molecule has 2 aromatic rings. The van der Waals surface area contributed by atoms with E-state index in [4.69, 9.17) is 4.74 Å². The van der Waals surface area contributed by atoms with Crippen LogP contribution in [0, 0.1) is 6.07 Å². The zero-order valence-corrected chi connectivity index (χ0v) is 8.53. The van der Waals surface area contributed by atoms with Crippen LogP contribution in [0.5, 0.6) is 5.75 Å². The topological polar surface area (TPSA) is 21.3 Å². The fourth-order valence-electron chi connectivity index (χ4n) is 1.34. The van der Waals surface area contributed by atoms with Crippen LogP contribution in [-0.4, -0.2) is 7.11 Å². The second-order valence-electron chi connectivity index (χ2n) is 3.15. The summed E-state index contributed by atoms with van der Waals surface area (Å²) >= 11 is 0. The van der Waals surface area contributed by atoms with Crippen LogP contribution in [0.4, 0.5) is 11.4 Å². The Kier molecular flexibility index (Phi) is 2.88. The Morgan fingerprint density at radius 1 is 1.13 bits per heavy atom. The van der Waals surface area contributed by atoms with E-state index in [0.717, 1.165) is 17.1 Å². The number of hydrogen-bond donors (Lipinski definition) is 1. The van der Waals surface area contributed by atoms with Crippen molar-refractivity contribution in [1.82, 2.24) is 0 Å². The maximum absolute atomic E-state index is 5.14. The van der Waals surface area contributed by atoms with Crippen LogP contribution in [0.1, 0.15) is 0 Å². The minimum atomic E-state index is 0.847. The van der Waals surface area contributed by atoms with Crippen molar-refractivity contribution in [3.05, 3.63) is 54.6 Å². The number of nitrogens with one attached hydrogen (secondary N) is 1. The minimum Gasteiger partial charge on any atom is -0.497 e. The number of ether oxygens (including phenoxy) is 1. The van der Waals surface area contributed by atoms with Crippen LogP contribution in [0.15, 0.2) is 48.5 Å². The van der Waals surface area contributed by atoms with Crippen LogP contribution in [-0.2, 0) is 0 Å². The molecule has 0 aliphatic heterocycles. The van der Waals surface area contributed by atoms with Gasteiger partial charge in [0.05, 0.1) is 7.11 Å². The molecule has 0 bridgehead atoms. The maximum Gasteiger partial charge on any atom is 0.120 e. The quantitative estimate of drug-likeness (QED) is 0.817. The number of methoxy groups -OCH3 is 1. The molecule has 2 rings (SSSR count). The SMILES string of the molecule is COc1cccc(Nc2c[c]ccc2)c1. The molecular formula is C13H12NO. The van der Waals surface area contributed by atoms with Crippen LogP contribution >= 0.6 is 0 Å². The first-order valence-corrected chi connectivity index (χ1v) is 4.76. The molecule has 1 radical (unpaired) electrons. The van der Waals surface area contributed by atoms with E-state index in [9.17, 15) is 0 Å². The molecule has 0 spiro atoms. The molecule has 0 saturated heterocycles. The third kappa shape index (κ3) is 2.50. The summed E-state index contributed by atoms with van der Waals surface area (Å²) in [4.78, 5) is 0. The van der Waals surface area contributed by atoms with Gasteiger partial charge >= 0.3 is 0 Å². The van der Waals surface area contributed by atoms with E-state index >= 15 is 0 Å². The van der Waals surface area contributed by atoms with Crippen molar-refractivity contribution in [2.45, 2.75) is 0 Å². The van der Waals surface area contributed by atoms with E-state index in [-0.39, 0.29) is 0 Å². The molecule has 0 fully saturated rings. The van der Waals surface area contributed by atoms with Gasteiger partial charge in [0.1, 0.15) is 5.75 Å². The van der Waals surface area contributed by atoms with Crippen molar-refractivity contribution in [2.75, 3.05) is 12.4 Å². The van der Waals surface area contributed by atoms with Crippen molar-refractivity contribution in [2.24, 2.45) is 0 Å². The zero-order chi connectivity index (χ0) is 10.5. The van der Waals surface area contributed by atoms with Crippen molar-refractivity contribution in [1.29, 1.82) is 0 Å². The van der Waals surface area contributed by atoms with Crippen molar-refractivity contribution in [3.8, 4) is 5.75 Å². The molecule has 1 N–H and O–H groups in total. The highest BCUT2D eigenvalue weighted by Gasteiger charge is 1.95. The maximum atomic E-state index is 5.14. The van der Waals surface area contributed by atoms with Gasteiger partial charge in [-0.2, -0.15) is 0 Å². The van der Waals surface area contributed by atoms with Gasteiger partial charge in [-0.05, 0) is 30.3 Å². The van der Waals surface area contributed by atoms with E-state index in [1.54, 1.807) is 7.11 Å². The lowest BCUT2D eigenvalue weighted by molar-refractivity contribution is 0.415. The van der Waals surface area contributed by atoms with Gasteiger partial charge in [0.25, 0.3) is 0 Å². The molecule has 2 nitrogen and oxygen atoms in total. The molecule has 0 atom stereocenters. The second kappa shape index (κ2) is 4.51. The Morgan fingerprint density at radius 3 is 2.73 bits per heavy atom. The number of hydrogen-bond acceptors (Lipinski definition) is 2. The van der Waals surface area contributed by atoms with Gasteiger partial charge in [-0.3, -0.25) is 0 Å². The monoisotopic (exact) mass is 198 g/mol. The van der Waals surface area contributed by atoms with E-state index in [2.05, 4.69) is 11.4 Å². The predicted octanol–water partition coefficient (Wildman–Crippen LogP) is 3.24. The Balaban J connectivity index is 2.17. The molecule has 0 amide bonds. The minimum absolute atomic E-state index is 0.847. The summed E-state index contributed by atoms with van der Waals surface area (Å²) in [5.41, 5.74) is 2.03. The molecular weight excluding hydrogens is 186 g/mol. The summed E-state index contributed by atoms with van der Waals surface area (Å²) in [7, 11) is 1.66. The molecule has 2 heteroatoms. The van der Waals surface area contributed by atoms with Crippen molar-refractivity contribution >= 4 is 11.4 Å². The standard InChI is InChI=1S/C13H12NO/c1-15-13-9-5-8-12(10-13)14-11-6-3-2-4-7-11/h2-3,5-10,14H,1H3. The fourth-order valence-corrected chi connectivity index (χ4v) is 1.34. The molecule has 75 valence electrons. The van der Waals surface area contributed by atoms with E-state index in [1.165, 1.54) is 0 Å². The Bertz CT molecular complexity index is 426. The highest BCUT2D eigenvalue weighted by atomic mass is 16.5. The van der Waals surface area contributed by atoms with Crippen LogP contribution in [0.2, 0.25) is 0 Å². The van der Waals surface area contributed by atoms with Crippen molar-refractivity contribution < 1.29 is 4.74 Å². The third-order valence-electron chi connectivity index (χ3n) is 2.07. The average Bonchev–Trinajstić information content (AvgIpc) is 2.31. The van der Waals surface area contributed by atoms with Gasteiger partial charge in [-0.25, -0.2) is 0 Å². The lowest BCUT2D eigenvalue weighted by Crippen LogP contribution is -1.90. The van der Waals surface area contributed by atoms with E-state index in [1.807, 2.05) is 48.5 Å². The van der Waals surface area contributed by atoms with Crippen LogP contribution in [0.3, 0.4) is 0 Å². The Morgan fingerprint density at radius 2 is 2.00 bits per heavy atom. The predicted molar refractivity (Wildman–Crippen MR) is 61.6 cm³/mol. The zero-order valence-electron chi connectivity index (χ0n) is 8.53. The molecule has 0 aromatic heterocycles. The second-order valence-corrected chi connectivity index (χ2v) is 3.15. The summed E-state index contributed by atoms with van der Waals surface area (Å²) in [5, 5.41) is 3.27. The summed E-state index contributed by atoms with van der Waals surface area (Å²) in [6, 6.07) is 18.6. The lowest BCUT2D eigenvalue weighted by Gasteiger charge is -2.07. The normalized spacial score (nSPS) is 9.67. The first-order valence-electron chi connectivity index (χ1n) is 4.76. The number of benzene rings is 2. The lowest BCUT2D eigenvalue weighted by atomic mass is 10.2. The summed E-state index contributed by atoms with van der Waals surface area (Å²) in [6.07, 6.45) is 0. The largest absolute Gasteiger partial charge is 0.497 e. The smallest absolute Gasteiger partial charge is 0.120 e. The number of anilines is 2. The van der Waals surface area contributed by atoms with Gasteiger partial charge in [-0.1, -0.05) is 18.2 Å². The average molecular weight is 198 g/mol. The Hall–Kier alpha value is -1.96. The van der Waals surface area contributed by atoms with Gasteiger partial charge in [-0.15, -0.1) is 0 Å². The van der Waals surface area contributed by atoms with E-state index in [0.29, 0.717) is 0 Å². The molecule has 0 heterocycles. The fraction of sp³-hybridized carbons (Fsp3) is 0.0769. The number of rotatable bonds is 3. The first-order chi connectivity index (χ1) is 7.38. The molecule has 0 aliphatic carbocycles. The van der Waals surface area contributed by atoms with Gasteiger partial charge in [0, 0.05) is 17.4 Å². The summed E-state index contributed by atoms with van der Waals surface area (Å²) < 4.78 is 5.14. The third-order valence-corrected chi connectivity index (χ3v) is 2.07. The highest BCUT2D eigenvalue weighted by Crippen LogP contribution is 2.20.